The Balaban J connectivity index is 1.95. The van der Waals surface area contributed by atoms with Gasteiger partial charge in [-0.1, -0.05) is 0 Å². The number of nitrogens with two attached hydrogens (primary N) is 1. The van der Waals surface area contributed by atoms with E-state index >= 15 is 0 Å². The molecule has 5 nitrogen and oxygen atoms in total. The van der Waals surface area contributed by atoms with Gasteiger partial charge < -0.3 is 15.7 Å². The number of pyridine rings is 1. The van der Waals surface area contributed by atoms with E-state index in [-0.39, 0.29) is 6.04 Å². The molecule has 0 aromatic carbocycles. The van der Waals surface area contributed by atoms with E-state index in [2.05, 4.69) is 20.9 Å². The van der Waals surface area contributed by atoms with Crippen molar-refractivity contribution in [1.82, 2.24) is 9.88 Å². The lowest BCUT2D eigenvalue weighted by atomic mass is 10.1. The number of aliphatic hydroxyl groups is 1. The Hall–Kier alpha value is -1.17. The molecule has 2 rings (SSSR count). The van der Waals surface area contributed by atoms with E-state index in [4.69, 9.17) is 5.73 Å². The fraction of sp³-hybridized carbons (Fsp3) is 0.667. The van der Waals surface area contributed by atoms with Gasteiger partial charge >= 0.3 is 0 Å². The maximum absolute atomic E-state index is 9.87. The summed E-state index contributed by atoms with van der Waals surface area (Å²) in [7, 11) is 0. The van der Waals surface area contributed by atoms with Crippen LogP contribution in [0, 0.1) is 0 Å². The molecular weight excluding hydrogens is 252 g/mol. The molecule has 3 N–H and O–H groups in total. The Morgan fingerprint density at radius 1 is 1.35 bits per heavy atom. The lowest BCUT2D eigenvalue weighted by Crippen LogP contribution is -2.50. The van der Waals surface area contributed by atoms with Crippen molar-refractivity contribution in [2.24, 2.45) is 5.73 Å². The van der Waals surface area contributed by atoms with Crippen LogP contribution in [0.4, 0.5) is 5.82 Å². The number of hydrogen-bond donors (Lipinski definition) is 2. The number of β-amino-alcohol motifs (C(OH)–C–C–N with tert-alkyl or cyclic N) is 1. The molecule has 0 saturated carbocycles. The summed E-state index contributed by atoms with van der Waals surface area (Å²) in [5.74, 6) is 1.00. The lowest BCUT2D eigenvalue weighted by molar-refractivity contribution is 0.0344. The Morgan fingerprint density at radius 2 is 2.00 bits per heavy atom. The predicted molar refractivity (Wildman–Crippen MR) is 81.8 cm³/mol. The standard InChI is InChI=1S/C15H26N4O/c1-12(16)13-4-5-17-14(10-13)19-8-6-18(7-9-19)11-15(2,3)20/h4-5,10,12,20H,6-9,11,16H2,1-3H3/t12-/m1/s1. The molecule has 1 atom stereocenters. The highest BCUT2D eigenvalue weighted by atomic mass is 16.3. The Labute approximate surface area is 121 Å². The van der Waals surface area contributed by atoms with Crippen LogP contribution in [0.15, 0.2) is 18.3 Å². The minimum atomic E-state index is -0.630. The Kier molecular flexibility index (Phi) is 4.62. The second-order valence-corrected chi connectivity index (χ2v) is 6.31. The third-order valence-corrected chi connectivity index (χ3v) is 3.60. The first kappa shape index (κ1) is 15.2. The molecule has 1 aromatic heterocycles. The number of hydrogen-bond acceptors (Lipinski definition) is 5. The zero-order valence-electron chi connectivity index (χ0n) is 12.7. The average molecular weight is 278 g/mol. The summed E-state index contributed by atoms with van der Waals surface area (Å²) < 4.78 is 0. The van der Waals surface area contributed by atoms with Crippen molar-refractivity contribution in [3.05, 3.63) is 23.9 Å². The second-order valence-electron chi connectivity index (χ2n) is 6.31. The number of aromatic nitrogens is 1. The highest BCUT2D eigenvalue weighted by Gasteiger charge is 2.23. The van der Waals surface area contributed by atoms with E-state index < -0.39 is 5.60 Å². The van der Waals surface area contributed by atoms with Crippen LogP contribution in [0.25, 0.3) is 0 Å². The van der Waals surface area contributed by atoms with Crippen LogP contribution < -0.4 is 10.6 Å². The first-order chi connectivity index (χ1) is 9.35. The maximum Gasteiger partial charge on any atom is 0.128 e. The predicted octanol–water partition coefficient (Wildman–Crippen LogP) is 0.994. The highest BCUT2D eigenvalue weighted by molar-refractivity contribution is 5.42. The summed E-state index contributed by atoms with van der Waals surface area (Å²) in [6.45, 7) is 10.2. The summed E-state index contributed by atoms with van der Waals surface area (Å²) in [4.78, 5) is 9.03. The van der Waals surface area contributed by atoms with E-state index in [9.17, 15) is 5.11 Å². The molecule has 1 aliphatic rings. The number of piperazine rings is 1. The molecule has 0 amide bonds. The monoisotopic (exact) mass is 278 g/mol. The largest absolute Gasteiger partial charge is 0.389 e. The van der Waals surface area contributed by atoms with Crippen molar-refractivity contribution in [2.75, 3.05) is 37.6 Å². The minimum absolute atomic E-state index is 0.0354. The third-order valence-electron chi connectivity index (χ3n) is 3.60. The fourth-order valence-corrected chi connectivity index (χ4v) is 2.57. The molecule has 0 unspecified atom stereocenters. The summed E-state index contributed by atoms with van der Waals surface area (Å²) in [6.07, 6.45) is 1.83. The Morgan fingerprint density at radius 3 is 2.55 bits per heavy atom. The van der Waals surface area contributed by atoms with Gasteiger partial charge in [-0.05, 0) is 38.5 Å². The molecule has 1 fully saturated rings. The molecule has 2 heterocycles. The van der Waals surface area contributed by atoms with Gasteiger partial charge in [-0.2, -0.15) is 0 Å². The summed E-state index contributed by atoms with van der Waals surface area (Å²) in [6, 6.07) is 4.09. The van der Waals surface area contributed by atoms with Gasteiger partial charge in [0.05, 0.1) is 5.60 Å². The van der Waals surface area contributed by atoms with Gasteiger partial charge in [0.15, 0.2) is 0 Å². The minimum Gasteiger partial charge on any atom is -0.389 e. The number of anilines is 1. The van der Waals surface area contributed by atoms with Crippen LogP contribution >= 0.6 is 0 Å². The Bertz CT molecular complexity index is 434. The van der Waals surface area contributed by atoms with Gasteiger partial charge in [-0.15, -0.1) is 0 Å². The molecule has 20 heavy (non-hydrogen) atoms. The van der Waals surface area contributed by atoms with Crippen LogP contribution in [0.5, 0.6) is 0 Å². The van der Waals surface area contributed by atoms with Crippen molar-refractivity contribution in [1.29, 1.82) is 0 Å². The van der Waals surface area contributed by atoms with Crippen LogP contribution in [-0.2, 0) is 0 Å². The average Bonchev–Trinajstić information content (AvgIpc) is 2.38. The van der Waals surface area contributed by atoms with Crippen molar-refractivity contribution in [2.45, 2.75) is 32.4 Å². The molecule has 1 aromatic rings. The molecule has 112 valence electrons. The van der Waals surface area contributed by atoms with E-state index in [1.54, 1.807) is 0 Å². The van der Waals surface area contributed by atoms with E-state index in [0.717, 1.165) is 37.6 Å². The van der Waals surface area contributed by atoms with E-state index in [1.165, 1.54) is 0 Å². The third kappa shape index (κ3) is 4.16. The van der Waals surface area contributed by atoms with Crippen LogP contribution in [0.1, 0.15) is 32.4 Å². The normalized spacial score (nSPS) is 19.1. The second kappa shape index (κ2) is 6.08. The molecular formula is C15H26N4O. The van der Waals surface area contributed by atoms with Gasteiger partial charge in [0.2, 0.25) is 0 Å². The van der Waals surface area contributed by atoms with Crippen LogP contribution in [-0.4, -0.2) is 53.3 Å². The van der Waals surface area contributed by atoms with Gasteiger partial charge in [0, 0.05) is 45.0 Å². The van der Waals surface area contributed by atoms with E-state index in [1.807, 2.05) is 33.0 Å². The molecule has 0 radical (unpaired) electrons. The SMILES string of the molecule is C[C@@H](N)c1ccnc(N2CCN(CC(C)(C)O)CC2)c1. The van der Waals surface area contributed by atoms with Gasteiger partial charge in [0.25, 0.3) is 0 Å². The molecule has 1 saturated heterocycles. The molecule has 5 heteroatoms. The number of rotatable bonds is 4. The van der Waals surface area contributed by atoms with Gasteiger partial charge in [0.1, 0.15) is 5.82 Å². The van der Waals surface area contributed by atoms with E-state index in [0.29, 0.717) is 6.54 Å². The first-order valence-electron chi connectivity index (χ1n) is 7.26. The topological polar surface area (TPSA) is 65.6 Å². The zero-order valence-corrected chi connectivity index (χ0v) is 12.7. The fourth-order valence-electron chi connectivity index (χ4n) is 2.57. The molecule has 0 spiro atoms. The summed E-state index contributed by atoms with van der Waals surface area (Å²) in [5.41, 5.74) is 6.41. The molecule has 1 aliphatic heterocycles. The lowest BCUT2D eigenvalue weighted by Gasteiger charge is -2.37. The highest BCUT2D eigenvalue weighted by Crippen LogP contribution is 2.18. The van der Waals surface area contributed by atoms with Crippen LogP contribution in [0.2, 0.25) is 0 Å². The first-order valence-corrected chi connectivity index (χ1v) is 7.26. The van der Waals surface area contributed by atoms with Crippen molar-refractivity contribution in [3.8, 4) is 0 Å². The van der Waals surface area contributed by atoms with Crippen molar-refractivity contribution >= 4 is 5.82 Å². The maximum atomic E-state index is 9.87. The van der Waals surface area contributed by atoms with Gasteiger partial charge in [-0.3, -0.25) is 4.90 Å². The van der Waals surface area contributed by atoms with Crippen LogP contribution in [0.3, 0.4) is 0 Å². The molecule has 0 aliphatic carbocycles. The zero-order chi connectivity index (χ0) is 14.8. The number of nitrogens with zero attached hydrogens (tertiary/aromatic N) is 3. The van der Waals surface area contributed by atoms with Gasteiger partial charge in [-0.25, -0.2) is 4.98 Å². The molecule has 0 bridgehead atoms. The van der Waals surface area contributed by atoms with Crippen molar-refractivity contribution < 1.29 is 5.11 Å². The smallest absolute Gasteiger partial charge is 0.128 e. The quantitative estimate of drug-likeness (QED) is 0.860. The summed E-state index contributed by atoms with van der Waals surface area (Å²) in [5, 5.41) is 9.87. The van der Waals surface area contributed by atoms with Crippen molar-refractivity contribution in [3.63, 3.8) is 0 Å². The summed E-state index contributed by atoms with van der Waals surface area (Å²) >= 11 is 0.